The van der Waals surface area contributed by atoms with Crippen molar-refractivity contribution in [2.45, 2.75) is 0 Å². The summed E-state index contributed by atoms with van der Waals surface area (Å²) < 4.78 is 34.0. The van der Waals surface area contributed by atoms with Crippen LogP contribution in [0.3, 0.4) is 0 Å². The van der Waals surface area contributed by atoms with E-state index < -0.39 is 21.4 Å². The summed E-state index contributed by atoms with van der Waals surface area (Å²) in [7, 11) is -0.974. The van der Waals surface area contributed by atoms with Gasteiger partial charge in [-0.05, 0) is 47.5 Å². The number of benzene rings is 2. The first-order chi connectivity index (χ1) is 13.2. The van der Waals surface area contributed by atoms with Crippen molar-refractivity contribution < 1.29 is 32.9 Å². The van der Waals surface area contributed by atoms with Crippen LogP contribution < -0.4 is 9.47 Å². The third-order valence-corrected chi connectivity index (χ3v) is 4.92. The predicted molar refractivity (Wildman–Crippen MR) is 106 cm³/mol. The van der Waals surface area contributed by atoms with Gasteiger partial charge < -0.3 is 19.7 Å². The molecule has 0 heterocycles. The number of carbonyl (C=O) groups excluding carboxylic acids is 1. The van der Waals surface area contributed by atoms with Crippen molar-refractivity contribution in [1.29, 1.82) is 0 Å². The fraction of sp³-hybridized carbons (Fsp3) is 0.150. The van der Waals surface area contributed by atoms with E-state index in [1.54, 1.807) is 12.1 Å². The van der Waals surface area contributed by atoms with E-state index in [-0.39, 0.29) is 17.2 Å². The van der Waals surface area contributed by atoms with Crippen LogP contribution in [0.15, 0.2) is 47.9 Å². The van der Waals surface area contributed by atoms with E-state index in [1.165, 1.54) is 50.6 Å². The van der Waals surface area contributed by atoms with Gasteiger partial charge in [-0.15, -0.1) is 0 Å². The number of ketones is 1. The highest BCUT2D eigenvalue weighted by atomic mass is 32.2. The molecule has 0 aliphatic carbocycles. The molecule has 8 heteroatoms. The number of rotatable bonds is 8. The van der Waals surface area contributed by atoms with Gasteiger partial charge in [0, 0.05) is 5.41 Å². The molecule has 0 atom stereocenters. The van der Waals surface area contributed by atoms with Crippen LogP contribution >= 0.6 is 0 Å². The summed E-state index contributed by atoms with van der Waals surface area (Å²) in [4.78, 5) is 11.9. The molecule has 0 unspecified atom stereocenters. The molecule has 0 amide bonds. The summed E-state index contributed by atoms with van der Waals surface area (Å²) in [5.41, 5.74) is 0.965. The van der Waals surface area contributed by atoms with E-state index in [2.05, 4.69) is 0 Å². The SMILES string of the molecule is COc1ccc(C=CC(=O)CS(=O)(=O)/C=C/c2ccc(OC)c(O)c2)cc1O. The van der Waals surface area contributed by atoms with Crippen LogP contribution in [-0.4, -0.2) is 44.4 Å². The molecular weight excluding hydrogens is 384 g/mol. The first-order valence-electron chi connectivity index (χ1n) is 8.10. The van der Waals surface area contributed by atoms with E-state index in [0.29, 0.717) is 16.9 Å². The Morgan fingerprint density at radius 3 is 1.89 bits per heavy atom. The van der Waals surface area contributed by atoms with Gasteiger partial charge >= 0.3 is 0 Å². The van der Waals surface area contributed by atoms with Crippen molar-refractivity contribution in [1.82, 2.24) is 0 Å². The molecule has 0 saturated heterocycles. The molecule has 0 spiro atoms. The Labute approximate surface area is 163 Å². The standard InChI is InChI=1S/C20H20O7S/c1-26-19-7-4-14(11-17(19)22)3-6-16(21)13-28(24,25)10-9-15-5-8-20(27-2)18(23)12-15/h3-12,22-23H,13H2,1-2H3/b6-3?,10-9+. The summed E-state index contributed by atoms with van der Waals surface area (Å²) >= 11 is 0. The minimum atomic E-state index is -3.79. The molecular formula is C20H20O7S. The molecule has 2 aromatic carbocycles. The zero-order valence-corrected chi connectivity index (χ0v) is 16.1. The van der Waals surface area contributed by atoms with Crippen LogP contribution in [0.1, 0.15) is 11.1 Å². The van der Waals surface area contributed by atoms with Gasteiger partial charge in [-0.2, -0.15) is 0 Å². The van der Waals surface area contributed by atoms with Gasteiger partial charge in [0.05, 0.1) is 14.2 Å². The molecule has 7 nitrogen and oxygen atoms in total. The third-order valence-electron chi connectivity index (χ3n) is 3.68. The quantitative estimate of drug-likeness (QED) is 0.651. The van der Waals surface area contributed by atoms with Crippen LogP contribution in [0.4, 0.5) is 0 Å². The van der Waals surface area contributed by atoms with Crippen molar-refractivity contribution in [3.8, 4) is 23.0 Å². The average Bonchev–Trinajstić information content (AvgIpc) is 2.64. The molecule has 0 aliphatic heterocycles. The van der Waals surface area contributed by atoms with Gasteiger partial charge in [0.1, 0.15) is 5.75 Å². The van der Waals surface area contributed by atoms with Gasteiger partial charge in [-0.25, -0.2) is 8.42 Å². The Kier molecular flexibility index (Phi) is 6.84. The number of hydrogen-bond donors (Lipinski definition) is 2. The number of ether oxygens (including phenoxy) is 2. The second-order valence-electron chi connectivity index (χ2n) is 5.77. The molecule has 28 heavy (non-hydrogen) atoms. The topological polar surface area (TPSA) is 110 Å². The second kappa shape index (κ2) is 9.09. The highest BCUT2D eigenvalue weighted by Crippen LogP contribution is 2.27. The molecule has 0 saturated carbocycles. The number of carbonyl (C=O) groups is 1. The van der Waals surface area contributed by atoms with Crippen LogP contribution in [0.25, 0.3) is 12.2 Å². The second-order valence-corrected chi connectivity index (χ2v) is 7.66. The maximum atomic E-state index is 12.1. The zero-order valence-electron chi connectivity index (χ0n) is 15.3. The normalized spacial score (nSPS) is 11.8. The highest BCUT2D eigenvalue weighted by Gasteiger charge is 2.12. The van der Waals surface area contributed by atoms with Crippen molar-refractivity contribution in [3.05, 3.63) is 59.0 Å². The molecule has 148 valence electrons. The minimum Gasteiger partial charge on any atom is -0.504 e. The Bertz CT molecular complexity index is 1020. The largest absolute Gasteiger partial charge is 0.504 e. The maximum Gasteiger partial charge on any atom is 0.179 e. The Morgan fingerprint density at radius 2 is 1.43 bits per heavy atom. The number of phenolic OH excluding ortho intramolecular Hbond substituents is 2. The molecule has 0 aromatic heterocycles. The van der Waals surface area contributed by atoms with E-state index >= 15 is 0 Å². The lowest BCUT2D eigenvalue weighted by Gasteiger charge is -2.03. The molecule has 2 rings (SSSR count). The maximum absolute atomic E-state index is 12.1. The van der Waals surface area contributed by atoms with Crippen LogP contribution in [-0.2, 0) is 14.6 Å². The monoisotopic (exact) mass is 404 g/mol. The minimum absolute atomic E-state index is 0.0876. The van der Waals surface area contributed by atoms with Gasteiger partial charge in [0.2, 0.25) is 0 Å². The van der Waals surface area contributed by atoms with Gasteiger partial charge in [0.25, 0.3) is 0 Å². The summed E-state index contributed by atoms with van der Waals surface area (Å²) in [5.74, 6) is -0.966. The van der Waals surface area contributed by atoms with Crippen molar-refractivity contribution in [3.63, 3.8) is 0 Å². The molecule has 0 radical (unpaired) electrons. The van der Waals surface area contributed by atoms with Crippen LogP contribution in [0, 0.1) is 0 Å². The fourth-order valence-corrected chi connectivity index (χ4v) is 3.24. The van der Waals surface area contributed by atoms with Crippen molar-refractivity contribution >= 4 is 27.8 Å². The number of methoxy groups -OCH3 is 2. The molecule has 2 N–H and O–H groups in total. The van der Waals surface area contributed by atoms with Crippen molar-refractivity contribution in [2.24, 2.45) is 0 Å². The predicted octanol–water partition coefficient (Wildman–Crippen LogP) is 2.78. The summed E-state index contributed by atoms with van der Waals surface area (Å²) in [5, 5.41) is 20.3. The number of hydrogen-bond acceptors (Lipinski definition) is 7. The number of allylic oxidation sites excluding steroid dienone is 1. The van der Waals surface area contributed by atoms with E-state index in [0.717, 1.165) is 11.5 Å². The number of phenols is 2. The summed E-state index contributed by atoms with van der Waals surface area (Å²) in [6.45, 7) is 0. The smallest absolute Gasteiger partial charge is 0.179 e. The Hall–Kier alpha value is -3.26. The first kappa shape index (κ1) is 21.0. The molecule has 2 aromatic rings. The highest BCUT2D eigenvalue weighted by molar-refractivity contribution is 7.95. The average molecular weight is 404 g/mol. The number of sulfone groups is 1. The summed E-state index contributed by atoms with van der Waals surface area (Å²) in [6, 6.07) is 8.97. The molecule has 0 bridgehead atoms. The molecule has 0 aliphatic rings. The Morgan fingerprint density at radius 1 is 0.929 bits per heavy atom. The van der Waals surface area contributed by atoms with E-state index in [4.69, 9.17) is 9.47 Å². The molecule has 0 fully saturated rings. The number of aromatic hydroxyl groups is 2. The van der Waals surface area contributed by atoms with Crippen LogP contribution in [0.5, 0.6) is 23.0 Å². The fourth-order valence-electron chi connectivity index (χ4n) is 2.29. The van der Waals surface area contributed by atoms with E-state index in [1.807, 2.05) is 0 Å². The van der Waals surface area contributed by atoms with Crippen LogP contribution in [0.2, 0.25) is 0 Å². The first-order valence-corrected chi connectivity index (χ1v) is 9.81. The van der Waals surface area contributed by atoms with Gasteiger partial charge in [0.15, 0.2) is 38.6 Å². The zero-order chi connectivity index (χ0) is 20.7. The van der Waals surface area contributed by atoms with Crippen molar-refractivity contribution in [2.75, 3.05) is 20.0 Å². The third kappa shape index (κ3) is 5.88. The van der Waals surface area contributed by atoms with Gasteiger partial charge in [-0.3, -0.25) is 4.79 Å². The lowest BCUT2D eigenvalue weighted by Crippen LogP contribution is -2.11. The van der Waals surface area contributed by atoms with E-state index in [9.17, 15) is 23.4 Å². The lowest BCUT2D eigenvalue weighted by molar-refractivity contribution is -0.112. The lowest BCUT2D eigenvalue weighted by atomic mass is 10.2. The summed E-state index contributed by atoms with van der Waals surface area (Å²) in [6.07, 6.45) is 3.82. The van der Waals surface area contributed by atoms with Gasteiger partial charge in [-0.1, -0.05) is 18.2 Å². The Balaban J connectivity index is 2.03.